The van der Waals surface area contributed by atoms with Crippen molar-refractivity contribution < 1.29 is 4.74 Å². The van der Waals surface area contributed by atoms with Crippen molar-refractivity contribution in [2.75, 3.05) is 32.8 Å². The first kappa shape index (κ1) is 23.2. The number of unbranched alkanes of at least 4 members (excludes halogenated alkanes) is 1. The van der Waals surface area contributed by atoms with Crippen molar-refractivity contribution >= 4 is 29.9 Å². The topological polar surface area (TPSA) is 63.5 Å². The van der Waals surface area contributed by atoms with Gasteiger partial charge in [-0.3, -0.25) is 9.67 Å². The van der Waals surface area contributed by atoms with Gasteiger partial charge in [0.2, 0.25) is 0 Å². The molecule has 1 aromatic heterocycles. The van der Waals surface area contributed by atoms with Crippen LogP contribution < -0.4 is 10.6 Å². The molecule has 0 fully saturated rings. The zero-order valence-electron chi connectivity index (χ0n) is 15.4. The maximum atomic E-state index is 5.56. The first-order valence-electron chi connectivity index (χ1n) is 8.85. The molecule has 2 N–H and O–H groups in total. The fourth-order valence-corrected chi connectivity index (χ4v) is 2.08. The Balaban J connectivity index is 0.00000529. The summed E-state index contributed by atoms with van der Waals surface area (Å²) in [7, 11) is 0. The summed E-state index contributed by atoms with van der Waals surface area (Å²) >= 11 is 0. The number of aromatic nitrogens is 2. The van der Waals surface area contributed by atoms with Crippen LogP contribution in [-0.4, -0.2) is 48.6 Å². The highest BCUT2D eigenvalue weighted by Crippen LogP contribution is 1.96. The Labute approximate surface area is 163 Å². The summed E-state index contributed by atoms with van der Waals surface area (Å²) in [5.41, 5.74) is 1.20. The van der Waals surface area contributed by atoms with Gasteiger partial charge < -0.3 is 15.4 Å². The van der Waals surface area contributed by atoms with Crippen LogP contribution in [0.25, 0.3) is 0 Å². The third-order valence-electron chi connectivity index (χ3n) is 3.32. The summed E-state index contributed by atoms with van der Waals surface area (Å²) in [4.78, 5) is 4.60. The molecule has 0 saturated heterocycles. The van der Waals surface area contributed by atoms with E-state index in [-0.39, 0.29) is 24.0 Å². The second kappa shape index (κ2) is 15.7. The van der Waals surface area contributed by atoms with Crippen molar-refractivity contribution in [2.24, 2.45) is 4.99 Å². The summed E-state index contributed by atoms with van der Waals surface area (Å²) in [6.45, 7) is 11.5. The number of hydrogen-bond acceptors (Lipinski definition) is 3. The van der Waals surface area contributed by atoms with Gasteiger partial charge in [-0.2, -0.15) is 5.10 Å². The largest absolute Gasteiger partial charge is 0.381 e. The van der Waals surface area contributed by atoms with Crippen molar-refractivity contribution in [1.29, 1.82) is 0 Å². The number of aliphatic imine (C=N–C) groups is 1. The lowest BCUT2D eigenvalue weighted by atomic mass is 10.4. The van der Waals surface area contributed by atoms with Crippen molar-refractivity contribution in [3.8, 4) is 0 Å². The van der Waals surface area contributed by atoms with Gasteiger partial charge in [0, 0.05) is 45.6 Å². The number of guanidine groups is 1. The third-order valence-corrected chi connectivity index (χ3v) is 3.32. The third kappa shape index (κ3) is 11.7. The fraction of sp³-hybridized carbons (Fsp3) is 0.765. The normalized spacial score (nSPS) is 11.2. The molecule has 1 heterocycles. The van der Waals surface area contributed by atoms with E-state index in [9.17, 15) is 0 Å². The van der Waals surface area contributed by atoms with E-state index in [0.29, 0.717) is 0 Å². The molecule has 7 heteroatoms. The van der Waals surface area contributed by atoms with E-state index in [1.165, 1.54) is 12.0 Å². The van der Waals surface area contributed by atoms with Gasteiger partial charge in [0.15, 0.2) is 5.96 Å². The number of aryl methyl sites for hydroxylation is 2. The number of rotatable bonds is 12. The van der Waals surface area contributed by atoms with Crippen LogP contribution in [0, 0.1) is 6.92 Å². The molecule has 0 aliphatic rings. The molecule has 0 aromatic carbocycles. The Bertz CT molecular complexity index is 436. The molecule has 24 heavy (non-hydrogen) atoms. The van der Waals surface area contributed by atoms with Crippen LogP contribution >= 0.6 is 24.0 Å². The second-order valence-electron chi connectivity index (χ2n) is 5.64. The first-order chi connectivity index (χ1) is 11.3. The molecule has 0 saturated carbocycles. The van der Waals surface area contributed by atoms with Crippen LogP contribution in [0.3, 0.4) is 0 Å². The average molecular weight is 451 g/mol. The zero-order chi connectivity index (χ0) is 16.8. The number of hydrogen-bond donors (Lipinski definition) is 2. The monoisotopic (exact) mass is 451 g/mol. The Morgan fingerprint density at radius 2 is 2.00 bits per heavy atom. The average Bonchev–Trinajstić information content (AvgIpc) is 2.96. The van der Waals surface area contributed by atoms with Gasteiger partial charge in [-0.05, 0) is 38.7 Å². The van der Waals surface area contributed by atoms with Crippen molar-refractivity contribution in [2.45, 2.75) is 53.0 Å². The standard InChI is InChI=1S/C17H33N5O.HI/c1-4-6-12-23-13-8-10-20-17(18-5-2)19-9-7-11-22-15-16(3)14-21-22;/h14-15H,4-13H2,1-3H3,(H2,18,19,20);1H. The minimum Gasteiger partial charge on any atom is -0.381 e. The molecule has 0 spiro atoms. The van der Waals surface area contributed by atoms with E-state index in [2.05, 4.69) is 47.7 Å². The second-order valence-corrected chi connectivity index (χ2v) is 5.64. The Morgan fingerprint density at radius 3 is 2.67 bits per heavy atom. The molecule has 140 valence electrons. The summed E-state index contributed by atoms with van der Waals surface area (Å²) in [5.74, 6) is 0.887. The molecule has 6 nitrogen and oxygen atoms in total. The molecule has 0 radical (unpaired) electrons. The molecule has 0 aliphatic carbocycles. The quantitative estimate of drug-likeness (QED) is 0.222. The lowest BCUT2D eigenvalue weighted by molar-refractivity contribution is 0.129. The lowest BCUT2D eigenvalue weighted by Gasteiger charge is -2.11. The number of nitrogens with one attached hydrogen (secondary N) is 2. The summed E-state index contributed by atoms with van der Waals surface area (Å²) in [5, 5.41) is 10.9. The summed E-state index contributed by atoms with van der Waals surface area (Å²) in [6.07, 6.45) is 8.27. The fourth-order valence-electron chi connectivity index (χ4n) is 2.08. The molecule has 0 amide bonds. The highest BCUT2D eigenvalue weighted by atomic mass is 127. The smallest absolute Gasteiger partial charge is 0.191 e. The molecule has 0 atom stereocenters. The van der Waals surface area contributed by atoms with Crippen LogP contribution in [0.15, 0.2) is 17.4 Å². The van der Waals surface area contributed by atoms with Gasteiger partial charge >= 0.3 is 0 Å². The molecular weight excluding hydrogens is 417 g/mol. The molecule has 1 aromatic rings. The van der Waals surface area contributed by atoms with Gasteiger partial charge in [-0.1, -0.05) is 13.3 Å². The first-order valence-corrected chi connectivity index (χ1v) is 8.85. The predicted molar refractivity (Wildman–Crippen MR) is 111 cm³/mol. The van der Waals surface area contributed by atoms with Crippen LogP contribution in [-0.2, 0) is 11.3 Å². The van der Waals surface area contributed by atoms with Crippen LogP contribution in [0.4, 0.5) is 0 Å². The van der Waals surface area contributed by atoms with E-state index in [1.54, 1.807) is 0 Å². The predicted octanol–water partition coefficient (Wildman–Crippen LogP) is 2.96. The highest BCUT2D eigenvalue weighted by molar-refractivity contribution is 14.0. The van der Waals surface area contributed by atoms with Crippen LogP contribution in [0.2, 0.25) is 0 Å². The van der Waals surface area contributed by atoms with Gasteiger partial charge in [0.25, 0.3) is 0 Å². The zero-order valence-corrected chi connectivity index (χ0v) is 17.7. The van der Waals surface area contributed by atoms with E-state index in [1.807, 2.05) is 10.9 Å². The maximum absolute atomic E-state index is 5.56. The molecule has 1 rings (SSSR count). The van der Waals surface area contributed by atoms with E-state index < -0.39 is 0 Å². The Hall–Kier alpha value is -0.830. The van der Waals surface area contributed by atoms with Crippen molar-refractivity contribution in [1.82, 2.24) is 20.4 Å². The maximum Gasteiger partial charge on any atom is 0.191 e. The minimum absolute atomic E-state index is 0. The SMILES string of the molecule is CCCCOCCCNC(=NCCCn1cc(C)cn1)NCC.I. The van der Waals surface area contributed by atoms with Crippen LogP contribution in [0.5, 0.6) is 0 Å². The van der Waals surface area contributed by atoms with E-state index >= 15 is 0 Å². The van der Waals surface area contributed by atoms with E-state index in [0.717, 1.165) is 64.6 Å². The van der Waals surface area contributed by atoms with Gasteiger partial charge in [0.1, 0.15) is 0 Å². The molecule has 0 bridgehead atoms. The number of ether oxygens (including phenoxy) is 1. The van der Waals surface area contributed by atoms with Crippen molar-refractivity contribution in [3.63, 3.8) is 0 Å². The van der Waals surface area contributed by atoms with Gasteiger partial charge in [-0.15, -0.1) is 24.0 Å². The Kier molecular flexibility index (Phi) is 15.1. The summed E-state index contributed by atoms with van der Waals surface area (Å²) < 4.78 is 7.53. The number of nitrogens with zero attached hydrogens (tertiary/aromatic N) is 3. The minimum atomic E-state index is 0. The molecule has 0 unspecified atom stereocenters. The highest BCUT2D eigenvalue weighted by Gasteiger charge is 1.98. The van der Waals surface area contributed by atoms with E-state index in [4.69, 9.17) is 4.74 Å². The summed E-state index contributed by atoms with van der Waals surface area (Å²) in [6, 6.07) is 0. The molecule has 0 aliphatic heterocycles. The van der Waals surface area contributed by atoms with Crippen LogP contribution in [0.1, 0.15) is 45.1 Å². The van der Waals surface area contributed by atoms with Crippen molar-refractivity contribution in [3.05, 3.63) is 18.0 Å². The van der Waals surface area contributed by atoms with Gasteiger partial charge in [-0.25, -0.2) is 0 Å². The Morgan fingerprint density at radius 1 is 1.21 bits per heavy atom. The molecular formula is C17H34IN5O. The lowest BCUT2D eigenvalue weighted by Crippen LogP contribution is -2.38. The van der Waals surface area contributed by atoms with Gasteiger partial charge in [0.05, 0.1) is 6.20 Å². The number of halogens is 1.